The van der Waals surface area contributed by atoms with Gasteiger partial charge in [-0.25, -0.2) is 9.98 Å². The van der Waals surface area contributed by atoms with Crippen LogP contribution in [-0.4, -0.2) is 23.9 Å². The molecule has 2 aliphatic rings. The zero-order valence-electron chi connectivity index (χ0n) is 17.1. The number of aliphatic imine (C=N–C) groups is 2. The van der Waals surface area contributed by atoms with Crippen LogP contribution in [0.5, 0.6) is 0 Å². The normalized spacial score (nSPS) is 25.3. The van der Waals surface area contributed by atoms with E-state index in [1.165, 1.54) is 0 Å². The van der Waals surface area contributed by atoms with Crippen LogP contribution >= 0.6 is 0 Å². The molecule has 0 N–H and O–H groups in total. The molecular formula is C26H24N2O2. The molecule has 2 aliphatic heterocycles. The zero-order valence-corrected chi connectivity index (χ0v) is 17.1. The van der Waals surface area contributed by atoms with Crippen LogP contribution in [-0.2, 0) is 9.47 Å². The molecule has 4 heteroatoms. The summed E-state index contributed by atoms with van der Waals surface area (Å²) in [5, 5.41) is 0. The molecule has 4 nitrogen and oxygen atoms in total. The number of hydrogen-bond acceptors (Lipinski definition) is 4. The summed E-state index contributed by atoms with van der Waals surface area (Å²) >= 11 is 0. The quantitative estimate of drug-likeness (QED) is 0.584. The summed E-state index contributed by atoms with van der Waals surface area (Å²) in [6, 6.07) is 28.8. The number of benzene rings is 3. The van der Waals surface area contributed by atoms with Crippen molar-refractivity contribution in [1.82, 2.24) is 0 Å². The van der Waals surface area contributed by atoms with E-state index < -0.39 is 0 Å². The van der Waals surface area contributed by atoms with Crippen LogP contribution in [0.1, 0.15) is 48.3 Å². The third kappa shape index (κ3) is 3.50. The van der Waals surface area contributed by atoms with Gasteiger partial charge in [0.2, 0.25) is 11.8 Å². The Labute approximate surface area is 176 Å². The lowest BCUT2D eigenvalue weighted by molar-refractivity contribution is 0.202. The van der Waals surface area contributed by atoms with E-state index in [-0.39, 0.29) is 24.3 Å². The van der Waals surface area contributed by atoms with E-state index >= 15 is 0 Å². The predicted molar refractivity (Wildman–Crippen MR) is 119 cm³/mol. The van der Waals surface area contributed by atoms with E-state index in [9.17, 15) is 0 Å². The second-order valence-corrected chi connectivity index (χ2v) is 7.83. The molecule has 0 spiro atoms. The fourth-order valence-electron chi connectivity index (χ4n) is 4.02. The van der Waals surface area contributed by atoms with Gasteiger partial charge in [-0.1, -0.05) is 60.7 Å². The summed E-state index contributed by atoms with van der Waals surface area (Å²) < 4.78 is 12.4. The lowest BCUT2D eigenvalue weighted by Gasteiger charge is -2.15. The monoisotopic (exact) mass is 396 g/mol. The molecule has 0 aromatic heterocycles. The highest BCUT2D eigenvalue weighted by atomic mass is 16.5. The molecule has 5 rings (SSSR count). The molecule has 150 valence electrons. The standard InChI is InChI=1S/C26H24N2O2/c1-17-23(19-9-5-3-6-10-19)29-25(27-17)21-13-15-22(16-14-21)26-28-18(2)24(30-26)20-11-7-4-8-12-20/h3-18,23-24H,1-2H3. The minimum Gasteiger partial charge on any atom is -0.467 e. The molecule has 0 amide bonds. The second kappa shape index (κ2) is 7.79. The molecule has 0 fully saturated rings. The summed E-state index contributed by atoms with van der Waals surface area (Å²) in [4.78, 5) is 9.48. The number of rotatable bonds is 4. The summed E-state index contributed by atoms with van der Waals surface area (Å²) in [5.41, 5.74) is 4.23. The van der Waals surface area contributed by atoms with Crippen molar-refractivity contribution >= 4 is 11.8 Å². The molecule has 3 aromatic rings. The van der Waals surface area contributed by atoms with Gasteiger partial charge in [-0.05, 0) is 49.2 Å². The van der Waals surface area contributed by atoms with Crippen molar-refractivity contribution in [2.45, 2.75) is 38.1 Å². The molecule has 30 heavy (non-hydrogen) atoms. The molecule has 0 aliphatic carbocycles. The minimum absolute atomic E-state index is 0.0455. The average Bonchev–Trinajstić information content (AvgIpc) is 3.38. The Balaban J connectivity index is 1.31. The van der Waals surface area contributed by atoms with Crippen molar-refractivity contribution in [3.05, 3.63) is 107 Å². The first-order chi connectivity index (χ1) is 14.7. The maximum absolute atomic E-state index is 6.19. The van der Waals surface area contributed by atoms with Crippen molar-refractivity contribution in [2.24, 2.45) is 9.98 Å². The fourth-order valence-corrected chi connectivity index (χ4v) is 4.02. The van der Waals surface area contributed by atoms with E-state index in [1.54, 1.807) is 0 Å². The smallest absolute Gasteiger partial charge is 0.217 e. The Bertz CT molecular complexity index is 987. The Morgan fingerprint density at radius 3 is 1.27 bits per heavy atom. The highest BCUT2D eigenvalue weighted by Gasteiger charge is 2.31. The maximum Gasteiger partial charge on any atom is 0.217 e. The summed E-state index contributed by atoms with van der Waals surface area (Å²) in [7, 11) is 0. The molecule has 4 atom stereocenters. The molecule has 3 aromatic carbocycles. The van der Waals surface area contributed by atoms with Gasteiger partial charge >= 0.3 is 0 Å². The van der Waals surface area contributed by atoms with Crippen LogP contribution in [0.25, 0.3) is 0 Å². The average molecular weight is 396 g/mol. The molecule has 2 heterocycles. The van der Waals surface area contributed by atoms with Gasteiger partial charge in [0.05, 0.1) is 12.1 Å². The van der Waals surface area contributed by atoms with E-state index in [0.29, 0.717) is 11.8 Å². The number of ether oxygens (including phenoxy) is 2. The highest BCUT2D eigenvalue weighted by Crippen LogP contribution is 2.32. The second-order valence-electron chi connectivity index (χ2n) is 7.83. The molecule has 0 saturated heterocycles. The Morgan fingerprint density at radius 2 is 0.900 bits per heavy atom. The lowest BCUT2D eigenvalue weighted by Crippen LogP contribution is -2.11. The summed E-state index contributed by atoms with van der Waals surface area (Å²) in [5.74, 6) is 1.38. The van der Waals surface area contributed by atoms with Crippen molar-refractivity contribution in [3.63, 3.8) is 0 Å². The highest BCUT2D eigenvalue weighted by molar-refractivity contribution is 5.99. The van der Waals surface area contributed by atoms with Gasteiger partial charge in [0.15, 0.2) is 0 Å². The van der Waals surface area contributed by atoms with Gasteiger partial charge in [0.1, 0.15) is 12.2 Å². The van der Waals surface area contributed by atoms with Gasteiger partial charge in [-0.3, -0.25) is 0 Å². The Hall–Kier alpha value is -3.40. The SMILES string of the molecule is CC1N=C(c2ccc(C3=NC(C)C(c4ccccc4)O3)cc2)OC1c1ccccc1. The van der Waals surface area contributed by atoms with Crippen LogP contribution in [0, 0.1) is 0 Å². The van der Waals surface area contributed by atoms with Crippen molar-refractivity contribution < 1.29 is 9.47 Å². The van der Waals surface area contributed by atoms with Crippen LogP contribution in [0.2, 0.25) is 0 Å². The van der Waals surface area contributed by atoms with E-state index in [2.05, 4.69) is 38.1 Å². The lowest BCUT2D eigenvalue weighted by atomic mass is 10.0. The van der Waals surface area contributed by atoms with Crippen LogP contribution < -0.4 is 0 Å². The topological polar surface area (TPSA) is 43.2 Å². The Morgan fingerprint density at radius 1 is 0.533 bits per heavy atom. The fraction of sp³-hybridized carbons (Fsp3) is 0.231. The largest absolute Gasteiger partial charge is 0.467 e. The van der Waals surface area contributed by atoms with Crippen molar-refractivity contribution in [1.29, 1.82) is 0 Å². The number of hydrogen-bond donors (Lipinski definition) is 0. The van der Waals surface area contributed by atoms with Crippen LogP contribution in [0.3, 0.4) is 0 Å². The van der Waals surface area contributed by atoms with Crippen LogP contribution in [0.4, 0.5) is 0 Å². The first kappa shape index (κ1) is 18.6. The molecular weight excluding hydrogens is 372 g/mol. The van der Waals surface area contributed by atoms with Crippen molar-refractivity contribution in [3.8, 4) is 0 Å². The van der Waals surface area contributed by atoms with Gasteiger partial charge < -0.3 is 9.47 Å². The first-order valence-electron chi connectivity index (χ1n) is 10.4. The first-order valence-corrected chi connectivity index (χ1v) is 10.4. The van der Waals surface area contributed by atoms with Crippen molar-refractivity contribution in [2.75, 3.05) is 0 Å². The predicted octanol–water partition coefficient (Wildman–Crippen LogP) is 5.50. The molecule has 0 saturated carbocycles. The van der Waals surface area contributed by atoms with E-state index in [4.69, 9.17) is 19.5 Å². The summed E-state index contributed by atoms with van der Waals surface area (Å²) in [6.45, 7) is 4.18. The van der Waals surface area contributed by atoms with Crippen LogP contribution in [0.15, 0.2) is 94.9 Å². The van der Waals surface area contributed by atoms with E-state index in [0.717, 1.165) is 22.3 Å². The third-order valence-corrected chi connectivity index (χ3v) is 5.63. The maximum atomic E-state index is 6.19. The molecule has 0 bridgehead atoms. The minimum atomic E-state index is -0.0455. The Kier molecular flexibility index (Phi) is 4.83. The summed E-state index contributed by atoms with van der Waals surface area (Å²) in [6.07, 6.45) is -0.0909. The third-order valence-electron chi connectivity index (χ3n) is 5.63. The van der Waals surface area contributed by atoms with Gasteiger partial charge in [0, 0.05) is 11.1 Å². The number of nitrogens with zero attached hydrogens (tertiary/aromatic N) is 2. The van der Waals surface area contributed by atoms with Gasteiger partial charge in [0.25, 0.3) is 0 Å². The van der Waals surface area contributed by atoms with E-state index in [1.807, 2.05) is 60.7 Å². The van der Waals surface area contributed by atoms with Gasteiger partial charge in [-0.15, -0.1) is 0 Å². The zero-order chi connectivity index (χ0) is 20.5. The molecule has 0 radical (unpaired) electrons. The van der Waals surface area contributed by atoms with Gasteiger partial charge in [-0.2, -0.15) is 0 Å². The molecule has 4 unspecified atom stereocenters.